The summed E-state index contributed by atoms with van der Waals surface area (Å²) in [6, 6.07) is 8.65. The maximum absolute atomic E-state index is 9.53. The second-order valence-corrected chi connectivity index (χ2v) is 4.70. The molecule has 0 spiro atoms. The van der Waals surface area contributed by atoms with Crippen molar-refractivity contribution in [3.8, 4) is 0 Å². The third-order valence-corrected chi connectivity index (χ3v) is 3.56. The molecule has 2 rings (SSSR count). The van der Waals surface area contributed by atoms with Crippen molar-refractivity contribution in [3.05, 3.63) is 48.0 Å². The number of hydrogen-bond donors (Lipinski definition) is 1. The molecule has 0 aliphatic heterocycles. The van der Waals surface area contributed by atoms with Crippen molar-refractivity contribution in [1.82, 2.24) is 0 Å². The summed E-state index contributed by atoms with van der Waals surface area (Å²) in [4.78, 5) is 0. The number of aliphatic hydroxyl groups excluding tert-OH is 1. The van der Waals surface area contributed by atoms with E-state index in [9.17, 15) is 5.11 Å². The molecule has 0 radical (unpaired) electrons. The lowest BCUT2D eigenvalue weighted by atomic mass is 9.80. The van der Waals surface area contributed by atoms with Gasteiger partial charge in [-0.3, -0.25) is 0 Å². The number of benzene rings is 1. The smallest absolute Gasteiger partial charge is 0.0540 e. The summed E-state index contributed by atoms with van der Waals surface area (Å²) in [6.07, 6.45) is 7.00. The summed E-state index contributed by atoms with van der Waals surface area (Å²) in [5, 5.41) is 9.53. The quantitative estimate of drug-likeness (QED) is 0.767. The highest BCUT2D eigenvalue weighted by atomic mass is 16.3. The third-order valence-electron chi connectivity index (χ3n) is 3.56. The Morgan fingerprint density at radius 1 is 1.19 bits per heavy atom. The minimum absolute atomic E-state index is 0.0668. The minimum Gasteiger partial charge on any atom is -0.393 e. The van der Waals surface area contributed by atoms with E-state index in [4.69, 9.17) is 0 Å². The molecule has 0 atom stereocenters. The summed E-state index contributed by atoms with van der Waals surface area (Å²) in [5.41, 5.74) is 2.87. The van der Waals surface area contributed by atoms with Crippen LogP contribution in [0.5, 0.6) is 0 Å². The van der Waals surface area contributed by atoms with E-state index < -0.39 is 0 Å². The van der Waals surface area contributed by atoms with Crippen molar-refractivity contribution in [3.63, 3.8) is 0 Å². The Bertz CT molecular complexity index is 348. The monoisotopic (exact) mass is 216 g/mol. The van der Waals surface area contributed by atoms with Gasteiger partial charge in [-0.2, -0.15) is 0 Å². The summed E-state index contributed by atoms with van der Waals surface area (Å²) in [5.74, 6) is 0.638. The summed E-state index contributed by atoms with van der Waals surface area (Å²) >= 11 is 0. The SMILES string of the molecule is C=CCc1ccccc1[C@H]1CC[C@H](O)CC1. The van der Waals surface area contributed by atoms with Crippen molar-refractivity contribution in [2.75, 3.05) is 0 Å². The molecule has 1 aliphatic rings. The van der Waals surface area contributed by atoms with Gasteiger partial charge in [-0.15, -0.1) is 6.58 Å². The Labute approximate surface area is 97.8 Å². The van der Waals surface area contributed by atoms with E-state index >= 15 is 0 Å². The van der Waals surface area contributed by atoms with Gasteiger partial charge in [0.1, 0.15) is 0 Å². The van der Waals surface area contributed by atoms with Gasteiger partial charge in [0.25, 0.3) is 0 Å². The first kappa shape index (κ1) is 11.4. The predicted molar refractivity (Wildman–Crippen MR) is 67.6 cm³/mol. The standard InChI is InChI=1S/C15H20O/c1-2-5-12-6-3-4-7-15(12)13-8-10-14(16)11-9-13/h2-4,6-7,13-14,16H,1,5,8-11H2/t13-,14-. The third kappa shape index (κ3) is 2.53. The van der Waals surface area contributed by atoms with Gasteiger partial charge in [0.15, 0.2) is 0 Å². The molecule has 1 nitrogen and oxygen atoms in total. The van der Waals surface area contributed by atoms with E-state index in [1.54, 1.807) is 0 Å². The number of allylic oxidation sites excluding steroid dienone is 1. The molecule has 0 unspecified atom stereocenters. The topological polar surface area (TPSA) is 20.2 Å². The van der Waals surface area contributed by atoms with Crippen LogP contribution in [0.25, 0.3) is 0 Å². The van der Waals surface area contributed by atoms with Crippen LogP contribution in [0, 0.1) is 0 Å². The molecule has 0 heterocycles. The molecule has 1 aromatic carbocycles. The zero-order valence-corrected chi connectivity index (χ0v) is 9.73. The lowest BCUT2D eigenvalue weighted by Gasteiger charge is -2.27. The number of rotatable bonds is 3. The average Bonchev–Trinajstić information content (AvgIpc) is 2.32. The molecule has 0 saturated heterocycles. The second kappa shape index (κ2) is 5.31. The van der Waals surface area contributed by atoms with Gasteiger partial charge in [0.05, 0.1) is 6.10 Å². The summed E-state index contributed by atoms with van der Waals surface area (Å²) in [6.45, 7) is 3.81. The number of hydrogen-bond acceptors (Lipinski definition) is 1. The van der Waals surface area contributed by atoms with Gasteiger partial charge >= 0.3 is 0 Å². The zero-order valence-electron chi connectivity index (χ0n) is 9.73. The molecular formula is C15H20O. The Hall–Kier alpha value is -1.08. The molecule has 0 aromatic heterocycles. The fourth-order valence-corrected chi connectivity index (χ4v) is 2.66. The molecule has 0 amide bonds. The molecule has 16 heavy (non-hydrogen) atoms. The van der Waals surface area contributed by atoms with Crippen molar-refractivity contribution < 1.29 is 5.11 Å². The van der Waals surface area contributed by atoms with Crippen molar-refractivity contribution in [1.29, 1.82) is 0 Å². The van der Waals surface area contributed by atoms with E-state index in [-0.39, 0.29) is 6.10 Å². The molecule has 1 fully saturated rings. The number of aliphatic hydroxyl groups is 1. The van der Waals surface area contributed by atoms with E-state index in [1.165, 1.54) is 11.1 Å². The first-order chi connectivity index (χ1) is 7.81. The zero-order chi connectivity index (χ0) is 11.4. The summed E-state index contributed by atoms with van der Waals surface area (Å²) < 4.78 is 0. The van der Waals surface area contributed by atoms with Gasteiger partial charge < -0.3 is 5.11 Å². The normalized spacial score (nSPS) is 25.3. The first-order valence-corrected chi connectivity index (χ1v) is 6.18. The van der Waals surface area contributed by atoms with E-state index in [0.717, 1.165) is 32.1 Å². The molecule has 86 valence electrons. The highest BCUT2D eigenvalue weighted by molar-refractivity contribution is 5.32. The Kier molecular flexibility index (Phi) is 3.79. The van der Waals surface area contributed by atoms with Gasteiger partial charge in [-0.25, -0.2) is 0 Å². The van der Waals surface area contributed by atoms with Crippen LogP contribution in [0.3, 0.4) is 0 Å². The Morgan fingerprint density at radius 2 is 1.88 bits per heavy atom. The highest BCUT2D eigenvalue weighted by Crippen LogP contribution is 2.34. The maximum atomic E-state index is 9.53. The van der Waals surface area contributed by atoms with Gasteiger partial charge in [-0.1, -0.05) is 30.3 Å². The summed E-state index contributed by atoms with van der Waals surface area (Å²) in [7, 11) is 0. The van der Waals surface area contributed by atoms with Crippen LogP contribution in [0.2, 0.25) is 0 Å². The fourth-order valence-electron chi connectivity index (χ4n) is 2.66. The van der Waals surface area contributed by atoms with Crippen LogP contribution in [0.15, 0.2) is 36.9 Å². The Balaban J connectivity index is 2.16. The lowest BCUT2D eigenvalue weighted by molar-refractivity contribution is 0.122. The highest BCUT2D eigenvalue weighted by Gasteiger charge is 2.21. The molecule has 1 aliphatic carbocycles. The predicted octanol–water partition coefficient (Wildman–Crippen LogP) is 3.43. The molecule has 1 saturated carbocycles. The van der Waals surface area contributed by atoms with Gasteiger partial charge in [0.2, 0.25) is 0 Å². The first-order valence-electron chi connectivity index (χ1n) is 6.18. The van der Waals surface area contributed by atoms with Crippen LogP contribution < -0.4 is 0 Å². The second-order valence-electron chi connectivity index (χ2n) is 4.70. The molecular weight excluding hydrogens is 196 g/mol. The lowest BCUT2D eigenvalue weighted by Crippen LogP contribution is -2.17. The minimum atomic E-state index is -0.0668. The van der Waals surface area contributed by atoms with Gasteiger partial charge in [0, 0.05) is 0 Å². The van der Waals surface area contributed by atoms with Crippen LogP contribution in [0.1, 0.15) is 42.7 Å². The maximum Gasteiger partial charge on any atom is 0.0540 e. The molecule has 1 N–H and O–H groups in total. The largest absolute Gasteiger partial charge is 0.393 e. The average molecular weight is 216 g/mol. The molecule has 1 aromatic rings. The molecule has 1 heteroatoms. The van der Waals surface area contributed by atoms with Crippen LogP contribution in [-0.4, -0.2) is 11.2 Å². The van der Waals surface area contributed by atoms with Crippen LogP contribution >= 0.6 is 0 Å². The van der Waals surface area contributed by atoms with E-state index in [1.807, 2.05) is 6.08 Å². The van der Waals surface area contributed by atoms with Gasteiger partial charge in [-0.05, 0) is 49.1 Å². The molecule has 0 bridgehead atoms. The van der Waals surface area contributed by atoms with Crippen LogP contribution in [0.4, 0.5) is 0 Å². The van der Waals surface area contributed by atoms with Crippen LogP contribution in [-0.2, 0) is 6.42 Å². The fraction of sp³-hybridized carbons (Fsp3) is 0.467. The van der Waals surface area contributed by atoms with Crippen molar-refractivity contribution in [2.45, 2.75) is 44.1 Å². The van der Waals surface area contributed by atoms with Crippen molar-refractivity contribution >= 4 is 0 Å². The Morgan fingerprint density at radius 3 is 2.56 bits per heavy atom. The van der Waals surface area contributed by atoms with E-state index in [0.29, 0.717) is 5.92 Å². The van der Waals surface area contributed by atoms with E-state index in [2.05, 4.69) is 30.8 Å². The van der Waals surface area contributed by atoms with Crippen molar-refractivity contribution in [2.24, 2.45) is 0 Å².